The summed E-state index contributed by atoms with van der Waals surface area (Å²) in [5.74, 6) is 3.05. The van der Waals surface area contributed by atoms with Gasteiger partial charge in [-0.25, -0.2) is 0 Å². The van der Waals surface area contributed by atoms with E-state index in [9.17, 15) is 0 Å². The monoisotopic (exact) mass is 307 g/mol. The van der Waals surface area contributed by atoms with Gasteiger partial charge in [-0.1, -0.05) is 19.6 Å². The Bertz CT molecular complexity index is 635. The lowest BCUT2D eigenvalue weighted by Gasteiger charge is -2.11. The average Bonchev–Trinajstić information content (AvgIpc) is 3.13. The fraction of sp³-hybridized carbons (Fsp3) is 0.412. The molecule has 4 heteroatoms. The van der Waals surface area contributed by atoms with E-state index in [1.807, 2.05) is 12.1 Å². The van der Waals surface area contributed by atoms with Crippen LogP contribution < -0.4 is 10.5 Å². The molecule has 0 radical (unpaired) electrons. The Morgan fingerprint density at radius 1 is 1.48 bits per heavy atom. The number of ether oxygens (including phenoxy) is 1. The minimum absolute atomic E-state index is 0. The predicted molar refractivity (Wildman–Crippen MR) is 88.4 cm³/mol. The lowest BCUT2D eigenvalue weighted by atomic mass is 10.0. The van der Waals surface area contributed by atoms with Crippen LogP contribution in [0.2, 0.25) is 0 Å². The number of benzene rings is 1. The van der Waals surface area contributed by atoms with Gasteiger partial charge in [0.15, 0.2) is 0 Å². The van der Waals surface area contributed by atoms with E-state index in [0.717, 1.165) is 36.5 Å². The first-order chi connectivity index (χ1) is 9.78. The van der Waals surface area contributed by atoms with E-state index in [0.29, 0.717) is 18.4 Å². The fourth-order valence-corrected chi connectivity index (χ4v) is 2.86. The van der Waals surface area contributed by atoms with Crippen molar-refractivity contribution >= 4 is 23.4 Å². The summed E-state index contributed by atoms with van der Waals surface area (Å²) in [7, 11) is 0. The van der Waals surface area contributed by atoms with Crippen molar-refractivity contribution in [3.63, 3.8) is 0 Å². The highest BCUT2D eigenvalue weighted by Gasteiger charge is 2.40. The summed E-state index contributed by atoms with van der Waals surface area (Å²) in [4.78, 5) is 0. The molecule has 1 fully saturated rings. The molecule has 0 bridgehead atoms. The van der Waals surface area contributed by atoms with Crippen molar-refractivity contribution in [3.8, 4) is 5.75 Å². The van der Waals surface area contributed by atoms with Crippen molar-refractivity contribution in [3.05, 3.63) is 42.2 Å². The first-order valence-electron chi connectivity index (χ1n) is 7.27. The zero-order valence-electron chi connectivity index (χ0n) is 12.3. The Hall–Kier alpha value is -1.45. The maximum Gasteiger partial charge on any atom is 0.134 e. The molecule has 1 saturated carbocycles. The fourth-order valence-electron chi connectivity index (χ4n) is 2.86. The van der Waals surface area contributed by atoms with Crippen molar-refractivity contribution < 1.29 is 9.15 Å². The van der Waals surface area contributed by atoms with Crippen molar-refractivity contribution in [1.29, 1.82) is 0 Å². The quantitative estimate of drug-likeness (QED) is 0.819. The Balaban J connectivity index is 0.00000161. The van der Waals surface area contributed by atoms with Gasteiger partial charge in [-0.05, 0) is 43.0 Å². The molecular formula is C17H22ClNO2. The first kappa shape index (κ1) is 15.9. The number of hydrogen-bond acceptors (Lipinski definition) is 3. The summed E-state index contributed by atoms with van der Waals surface area (Å²) in [6, 6.07) is 6.16. The largest absolute Gasteiger partial charge is 0.489 e. The molecule has 2 N–H and O–H groups in total. The highest BCUT2D eigenvalue weighted by atomic mass is 35.5. The molecule has 2 atom stereocenters. The molecule has 3 rings (SSSR count). The van der Waals surface area contributed by atoms with Crippen LogP contribution in [0.1, 0.15) is 30.6 Å². The van der Waals surface area contributed by atoms with Crippen LogP contribution in [-0.2, 0) is 6.42 Å². The molecule has 0 saturated heterocycles. The van der Waals surface area contributed by atoms with Crippen LogP contribution >= 0.6 is 12.4 Å². The molecule has 1 aromatic carbocycles. The number of aryl methyl sites for hydroxylation is 1. The zero-order valence-corrected chi connectivity index (χ0v) is 13.1. The molecule has 2 aromatic rings. The molecule has 1 aliphatic carbocycles. The number of nitrogens with two attached hydrogens (primary N) is 1. The molecule has 3 nitrogen and oxygen atoms in total. The summed E-state index contributed by atoms with van der Waals surface area (Å²) in [5, 5.41) is 1.18. The van der Waals surface area contributed by atoms with Gasteiger partial charge in [0.1, 0.15) is 23.7 Å². The van der Waals surface area contributed by atoms with E-state index in [4.69, 9.17) is 14.9 Å². The lowest BCUT2D eigenvalue weighted by molar-refractivity contribution is 0.359. The van der Waals surface area contributed by atoms with Crippen LogP contribution in [0.15, 0.2) is 35.3 Å². The molecule has 0 aliphatic heterocycles. The van der Waals surface area contributed by atoms with Crippen LogP contribution in [0.4, 0.5) is 0 Å². The number of fused-ring (bicyclic) bond motifs is 1. The van der Waals surface area contributed by atoms with Crippen molar-refractivity contribution in [2.45, 2.75) is 25.7 Å². The van der Waals surface area contributed by atoms with Crippen molar-refractivity contribution in [1.82, 2.24) is 0 Å². The van der Waals surface area contributed by atoms with Gasteiger partial charge in [0, 0.05) is 17.4 Å². The van der Waals surface area contributed by atoms with Crippen LogP contribution in [0.5, 0.6) is 5.75 Å². The molecule has 21 heavy (non-hydrogen) atoms. The van der Waals surface area contributed by atoms with Gasteiger partial charge in [0.25, 0.3) is 0 Å². The molecule has 0 amide bonds. The second kappa shape index (κ2) is 6.54. The number of rotatable bonds is 6. The van der Waals surface area contributed by atoms with E-state index in [2.05, 4.69) is 19.6 Å². The van der Waals surface area contributed by atoms with E-state index in [1.165, 1.54) is 10.9 Å². The summed E-state index contributed by atoms with van der Waals surface area (Å²) >= 11 is 0. The topological polar surface area (TPSA) is 48.4 Å². The lowest BCUT2D eigenvalue weighted by Crippen LogP contribution is -2.03. The van der Waals surface area contributed by atoms with E-state index < -0.39 is 0 Å². The van der Waals surface area contributed by atoms with Gasteiger partial charge >= 0.3 is 0 Å². The van der Waals surface area contributed by atoms with Gasteiger partial charge in [-0.3, -0.25) is 0 Å². The minimum Gasteiger partial charge on any atom is -0.489 e. The van der Waals surface area contributed by atoms with Gasteiger partial charge in [0.05, 0.1) is 0 Å². The molecule has 114 valence electrons. The van der Waals surface area contributed by atoms with E-state index in [1.54, 1.807) is 6.08 Å². The van der Waals surface area contributed by atoms with E-state index in [-0.39, 0.29) is 12.4 Å². The van der Waals surface area contributed by atoms with Crippen LogP contribution in [-0.4, -0.2) is 13.2 Å². The van der Waals surface area contributed by atoms with Gasteiger partial charge in [-0.2, -0.15) is 0 Å². The normalized spacial score (nSPS) is 20.1. The Labute approximate surface area is 131 Å². The maximum absolute atomic E-state index is 5.86. The molecule has 1 aromatic heterocycles. The van der Waals surface area contributed by atoms with Gasteiger partial charge in [0.2, 0.25) is 0 Å². The summed E-state index contributed by atoms with van der Waals surface area (Å²) in [5.41, 5.74) is 8.02. The third kappa shape index (κ3) is 2.94. The van der Waals surface area contributed by atoms with Crippen molar-refractivity contribution in [2.75, 3.05) is 13.2 Å². The summed E-state index contributed by atoms with van der Waals surface area (Å²) in [6.45, 7) is 7.08. The maximum atomic E-state index is 5.86. The second-order valence-corrected chi connectivity index (χ2v) is 5.39. The Morgan fingerprint density at radius 3 is 2.90 bits per heavy atom. The standard InChI is InChI=1S/C17H21NO2.ClH/c1-3-7-19-16-6-5-15-14(9-12(4-2)20-15)17(16)13-8-11(13)10-18;/h3,5-6,9,11,13H,1,4,7-8,10,18H2,2H3;1H/t11-,13+;/m1./s1. The number of furan rings is 1. The first-order valence-corrected chi connectivity index (χ1v) is 7.27. The predicted octanol–water partition coefficient (Wildman–Crippen LogP) is 4.04. The molecule has 1 aliphatic rings. The van der Waals surface area contributed by atoms with Crippen molar-refractivity contribution in [2.24, 2.45) is 11.7 Å². The highest BCUT2D eigenvalue weighted by molar-refractivity contribution is 5.86. The third-order valence-electron chi connectivity index (χ3n) is 4.05. The van der Waals surface area contributed by atoms with E-state index >= 15 is 0 Å². The molecule has 1 heterocycles. The minimum atomic E-state index is 0. The SMILES string of the molecule is C=CCOc1ccc2oc(CC)cc2c1[C@H]1C[C@@H]1CN.Cl. The number of halogens is 1. The zero-order chi connectivity index (χ0) is 14.1. The Kier molecular flexibility index (Phi) is 4.96. The van der Waals surface area contributed by atoms with Crippen LogP contribution in [0.25, 0.3) is 11.0 Å². The average molecular weight is 308 g/mol. The third-order valence-corrected chi connectivity index (χ3v) is 4.05. The molecular weight excluding hydrogens is 286 g/mol. The highest BCUT2D eigenvalue weighted by Crippen LogP contribution is 2.52. The summed E-state index contributed by atoms with van der Waals surface area (Å²) < 4.78 is 11.7. The summed E-state index contributed by atoms with van der Waals surface area (Å²) in [6.07, 6.45) is 3.82. The molecule has 0 spiro atoms. The number of hydrogen-bond donors (Lipinski definition) is 1. The van der Waals surface area contributed by atoms with Crippen LogP contribution in [0.3, 0.4) is 0 Å². The Morgan fingerprint density at radius 2 is 2.29 bits per heavy atom. The molecule has 0 unspecified atom stereocenters. The van der Waals surface area contributed by atoms with Crippen LogP contribution in [0, 0.1) is 5.92 Å². The van der Waals surface area contributed by atoms with Gasteiger partial charge in [-0.15, -0.1) is 12.4 Å². The smallest absolute Gasteiger partial charge is 0.134 e. The second-order valence-electron chi connectivity index (χ2n) is 5.39. The van der Waals surface area contributed by atoms with Gasteiger partial charge < -0.3 is 14.9 Å².